The van der Waals surface area contributed by atoms with Crippen LogP contribution in [-0.4, -0.2) is 0 Å². The van der Waals surface area contributed by atoms with Gasteiger partial charge in [0.2, 0.25) is 0 Å². The lowest BCUT2D eigenvalue weighted by atomic mass is 9.65. The maximum Gasteiger partial charge on any atom is 0.126 e. The molecular formula is C27H39F. The zero-order chi connectivity index (χ0) is 20.2. The molecule has 2 aromatic rings. The van der Waals surface area contributed by atoms with E-state index in [-0.39, 0.29) is 5.82 Å². The van der Waals surface area contributed by atoms with Crippen LogP contribution in [0.15, 0.2) is 54.6 Å². The average Bonchev–Trinajstić information content (AvgIpc) is 2.72. The molecule has 0 aliphatic carbocycles. The maximum absolute atomic E-state index is 13.7. The van der Waals surface area contributed by atoms with Gasteiger partial charge in [-0.15, -0.1) is 0 Å². The molecule has 1 heteroatoms. The Morgan fingerprint density at radius 1 is 0.750 bits per heavy atom. The van der Waals surface area contributed by atoms with Gasteiger partial charge < -0.3 is 0 Å². The summed E-state index contributed by atoms with van der Waals surface area (Å²) in [6, 6.07) is 18.3. The molecule has 0 bridgehead atoms. The minimum Gasteiger partial charge on any atom is -0.207 e. The van der Waals surface area contributed by atoms with Crippen molar-refractivity contribution < 1.29 is 4.39 Å². The molecule has 0 nitrogen and oxygen atoms in total. The molecule has 0 fully saturated rings. The monoisotopic (exact) mass is 382 g/mol. The summed E-state index contributed by atoms with van der Waals surface area (Å²) < 4.78 is 13.7. The zero-order valence-corrected chi connectivity index (χ0v) is 18.2. The lowest BCUT2D eigenvalue weighted by molar-refractivity contribution is 0.164. The van der Waals surface area contributed by atoms with Crippen LogP contribution < -0.4 is 0 Å². The third-order valence-corrected chi connectivity index (χ3v) is 6.54. The van der Waals surface area contributed by atoms with Gasteiger partial charge in [0.15, 0.2) is 0 Å². The molecule has 0 aliphatic heterocycles. The summed E-state index contributed by atoms with van der Waals surface area (Å²) in [7, 11) is 0. The van der Waals surface area contributed by atoms with Crippen LogP contribution >= 0.6 is 0 Å². The van der Waals surface area contributed by atoms with Crippen molar-refractivity contribution in [1.82, 2.24) is 0 Å². The molecule has 0 N–H and O–H groups in total. The molecule has 0 aliphatic rings. The first-order chi connectivity index (χ1) is 13.6. The lowest BCUT2D eigenvalue weighted by Crippen LogP contribution is -2.27. The SMILES string of the molecule is CCCC(CCC)(CCCCCCc1ccccc1F)C(C)c1ccccc1. The van der Waals surface area contributed by atoms with Gasteiger partial charge in [-0.1, -0.05) is 101 Å². The molecule has 2 rings (SSSR count). The van der Waals surface area contributed by atoms with E-state index in [1.165, 1.54) is 56.9 Å². The minimum absolute atomic E-state index is 0.0518. The van der Waals surface area contributed by atoms with Gasteiger partial charge in [-0.2, -0.15) is 0 Å². The predicted octanol–water partition coefficient (Wildman–Crippen LogP) is 8.71. The molecule has 0 spiro atoms. The first-order valence-electron chi connectivity index (χ1n) is 11.4. The quantitative estimate of drug-likeness (QED) is 0.304. The van der Waals surface area contributed by atoms with Gasteiger partial charge in [0.25, 0.3) is 0 Å². The molecule has 2 aromatic carbocycles. The molecule has 0 heterocycles. The summed E-state index contributed by atoms with van der Waals surface area (Å²) in [5.41, 5.74) is 2.77. The Morgan fingerprint density at radius 3 is 2.00 bits per heavy atom. The fourth-order valence-corrected chi connectivity index (χ4v) is 4.96. The van der Waals surface area contributed by atoms with Crippen molar-refractivity contribution in [2.75, 3.05) is 0 Å². The number of hydrogen-bond donors (Lipinski definition) is 0. The third kappa shape index (κ3) is 6.47. The second-order valence-corrected chi connectivity index (χ2v) is 8.50. The van der Waals surface area contributed by atoms with Crippen molar-refractivity contribution in [1.29, 1.82) is 0 Å². The Morgan fingerprint density at radius 2 is 1.36 bits per heavy atom. The molecule has 28 heavy (non-hydrogen) atoms. The second-order valence-electron chi connectivity index (χ2n) is 8.50. The highest BCUT2D eigenvalue weighted by Gasteiger charge is 2.34. The highest BCUT2D eigenvalue weighted by molar-refractivity contribution is 5.21. The number of rotatable bonds is 13. The highest BCUT2D eigenvalue weighted by atomic mass is 19.1. The van der Waals surface area contributed by atoms with Crippen LogP contribution in [0.4, 0.5) is 4.39 Å². The van der Waals surface area contributed by atoms with Crippen molar-refractivity contribution >= 4 is 0 Å². The van der Waals surface area contributed by atoms with E-state index >= 15 is 0 Å². The average molecular weight is 383 g/mol. The lowest BCUT2D eigenvalue weighted by Gasteiger charge is -2.40. The van der Waals surface area contributed by atoms with Gasteiger partial charge in [0, 0.05) is 0 Å². The molecule has 0 saturated heterocycles. The standard InChI is InChI=1S/C27H39F/c1-4-20-27(21-5-2,23(3)24-15-10-8-11-16-24)22-14-7-6-9-17-25-18-12-13-19-26(25)28/h8,10-13,15-16,18-19,23H,4-7,9,14,17,20-22H2,1-3H3. The first-order valence-corrected chi connectivity index (χ1v) is 11.4. The van der Waals surface area contributed by atoms with Gasteiger partial charge in [-0.3, -0.25) is 0 Å². The normalized spacial score (nSPS) is 12.9. The van der Waals surface area contributed by atoms with Gasteiger partial charge >= 0.3 is 0 Å². The Kier molecular flexibility index (Phi) is 9.75. The van der Waals surface area contributed by atoms with Crippen molar-refractivity contribution in [2.24, 2.45) is 5.41 Å². The second kappa shape index (κ2) is 12.0. The summed E-state index contributed by atoms with van der Waals surface area (Å²) in [4.78, 5) is 0. The van der Waals surface area contributed by atoms with Gasteiger partial charge in [-0.25, -0.2) is 4.39 Å². The molecule has 0 aromatic heterocycles. The van der Waals surface area contributed by atoms with Crippen molar-refractivity contribution in [2.45, 2.75) is 90.9 Å². The highest BCUT2D eigenvalue weighted by Crippen LogP contribution is 2.47. The number of unbranched alkanes of at least 4 members (excludes halogenated alkanes) is 3. The van der Waals surface area contributed by atoms with Crippen LogP contribution in [0, 0.1) is 11.2 Å². The Labute approximate surface area is 172 Å². The minimum atomic E-state index is -0.0518. The number of benzene rings is 2. The summed E-state index contributed by atoms with van der Waals surface area (Å²) in [5.74, 6) is 0.552. The Bertz CT molecular complexity index is 655. The molecule has 1 unspecified atom stereocenters. The first kappa shape index (κ1) is 22.7. The summed E-state index contributed by atoms with van der Waals surface area (Å²) >= 11 is 0. The van der Waals surface area contributed by atoms with E-state index in [1.54, 1.807) is 12.1 Å². The van der Waals surface area contributed by atoms with E-state index in [4.69, 9.17) is 0 Å². The van der Waals surface area contributed by atoms with Gasteiger partial charge in [-0.05, 0) is 60.6 Å². The van der Waals surface area contributed by atoms with Gasteiger partial charge in [0.05, 0.1) is 0 Å². The van der Waals surface area contributed by atoms with Crippen LogP contribution in [0.1, 0.15) is 95.6 Å². The molecular weight excluding hydrogens is 343 g/mol. The fraction of sp³-hybridized carbons (Fsp3) is 0.556. The van der Waals surface area contributed by atoms with Crippen LogP contribution in [0.3, 0.4) is 0 Å². The van der Waals surface area contributed by atoms with Crippen molar-refractivity contribution in [3.8, 4) is 0 Å². The summed E-state index contributed by atoms with van der Waals surface area (Å²) in [6.07, 6.45) is 12.1. The van der Waals surface area contributed by atoms with Crippen LogP contribution in [0.25, 0.3) is 0 Å². The fourth-order valence-electron chi connectivity index (χ4n) is 4.96. The molecule has 1 atom stereocenters. The molecule has 0 saturated carbocycles. The van der Waals surface area contributed by atoms with E-state index in [2.05, 4.69) is 51.1 Å². The number of halogens is 1. The van der Waals surface area contributed by atoms with Crippen molar-refractivity contribution in [3.63, 3.8) is 0 Å². The van der Waals surface area contributed by atoms with Crippen LogP contribution in [0.5, 0.6) is 0 Å². The van der Waals surface area contributed by atoms with E-state index in [0.29, 0.717) is 11.3 Å². The predicted molar refractivity (Wildman–Crippen MR) is 120 cm³/mol. The van der Waals surface area contributed by atoms with Crippen LogP contribution in [0.2, 0.25) is 0 Å². The van der Waals surface area contributed by atoms with E-state index in [9.17, 15) is 4.39 Å². The molecule has 0 amide bonds. The van der Waals surface area contributed by atoms with Gasteiger partial charge in [0.1, 0.15) is 5.82 Å². The largest absolute Gasteiger partial charge is 0.207 e. The van der Waals surface area contributed by atoms with Crippen molar-refractivity contribution in [3.05, 3.63) is 71.5 Å². The smallest absolute Gasteiger partial charge is 0.126 e. The van der Waals surface area contributed by atoms with E-state index in [1.807, 2.05) is 12.1 Å². The summed E-state index contributed by atoms with van der Waals surface area (Å²) in [5, 5.41) is 0. The Balaban J connectivity index is 1.89. The van der Waals surface area contributed by atoms with Crippen LogP contribution in [-0.2, 0) is 6.42 Å². The summed E-state index contributed by atoms with van der Waals surface area (Å²) in [6.45, 7) is 7.10. The zero-order valence-electron chi connectivity index (χ0n) is 18.2. The molecule has 154 valence electrons. The number of aryl methyl sites for hydroxylation is 1. The topological polar surface area (TPSA) is 0 Å². The maximum atomic E-state index is 13.7. The third-order valence-electron chi connectivity index (χ3n) is 6.54. The Hall–Kier alpha value is -1.63. The van der Waals surface area contributed by atoms with E-state index < -0.39 is 0 Å². The molecule has 0 radical (unpaired) electrons. The number of hydrogen-bond acceptors (Lipinski definition) is 0. The van der Waals surface area contributed by atoms with E-state index in [0.717, 1.165) is 18.4 Å².